The zero-order valence-corrected chi connectivity index (χ0v) is 13.3. The summed E-state index contributed by atoms with van der Waals surface area (Å²) in [4.78, 5) is 0. The van der Waals surface area contributed by atoms with Crippen molar-refractivity contribution in [2.75, 3.05) is 7.05 Å². The van der Waals surface area contributed by atoms with Gasteiger partial charge in [-0.1, -0.05) is 36.4 Å². The molecule has 0 fully saturated rings. The van der Waals surface area contributed by atoms with Gasteiger partial charge in [-0.2, -0.15) is 9.84 Å². The molecule has 0 saturated heterocycles. The number of hydrogen-bond donors (Lipinski definition) is 2. The average Bonchev–Trinajstić information content (AvgIpc) is 2.92. The van der Waals surface area contributed by atoms with E-state index >= 15 is 0 Å². The van der Waals surface area contributed by atoms with Crippen LogP contribution in [-0.2, 0) is 6.42 Å². The van der Waals surface area contributed by atoms with E-state index in [1.165, 1.54) is 17.7 Å². The lowest BCUT2D eigenvalue weighted by Crippen LogP contribution is -2.10. The van der Waals surface area contributed by atoms with Crippen molar-refractivity contribution in [2.24, 2.45) is 0 Å². The normalized spacial score (nSPS) is 14.1. The molecule has 1 aliphatic rings. The number of nitriles is 1. The van der Waals surface area contributed by atoms with Gasteiger partial charge in [0.1, 0.15) is 18.7 Å². The second kappa shape index (κ2) is 6.43. The van der Waals surface area contributed by atoms with Crippen molar-refractivity contribution in [3.05, 3.63) is 71.3 Å². The minimum Gasteiger partial charge on any atom is -0.504 e. The molecule has 4 nitrogen and oxygen atoms in total. The van der Waals surface area contributed by atoms with Crippen LogP contribution in [0.3, 0.4) is 0 Å². The van der Waals surface area contributed by atoms with E-state index in [4.69, 9.17) is 0 Å². The number of allylic oxidation sites excluding steroid dienone is 3. The number of fused-ring (bicyclic) bond motifs is 1. The molecule has 1 aliphatic heterocycles. The molecule has 118 valence electrons. The highest BCUT2D eigenvalue weighted by Crippen LogP contribution is 2.27. The van der Waals surface area contributed by atoms with Gasteiger partial charge in [0.25, 0.3) is 0 Å². The third-order valence-electron chi connectivity index (χ3n) is 4.10. The fourth-order valence-corrected chi connectivity index (χ4v) is 2.81. The molecule has 0 radical (unpaired) electrons. The van der Waals surface area contributed by atoms with Crippen LogP contribution in [0.5, 0.6) is 11.5 Å². The highest BCUT2D eigenvalue weighted by atomic mass is 16.3. The van der Waals surface area contributed by atoms with Crippen LogP contribution in [0.15, 0.2) is 60.2 Å². The van der Waals surface area contributed by atoms with Crippen LogP contribution in [0.4, 0.5) is 5.69 Å². The van der Waals surface area contributed by atoms with Crippen molar-refractivity contribution < 1.29 is 14.8 Å². The third kappa shape index (κ3) is 2.92. The fourth-order valence-electron chi connectivity index (χ4n) is 2.81. The van der Waals surface area contributed by atoms with Crippen LogP contribution in [-0.4, -0.2) is 27.5 Å². The molecule has 0 bridgehead atoms. The van der Waals surface area contributed by atoms with Gasteiger partial charge in [-0.05, 0) is 23.8 Å². The maximum absolute atomic E-state index is 9.50. The van der Waals surface area contributed by atoms with E-state index in [-0.39, 0.29) is 11.5 Å². The number of benzene rings is 2. The number of aromatic hydroxyl groups is 2. The summed E-state index contributed by atoms with van der Waals surface area (Å²) in [7, 11) is 1.97. The molecule has 4 heteroatoms. The van der Waals surface area contributed by atoms with Gasteiger partial charge >= 0.3 is 0 Å². The van der Waals surface area contributed by atoms with Crippen molar-refractivity contribution in [1.82, 2.24) is 0 Å². The topological polar surface area (TPSA) is 67.3 Å². The highest BCUT2D eigenvalue weighted by molar-refractivity contribution is 6.04. The second-order valence-electron chi connectivity index (χ2n) is 5.61. The maximum Gasteiger partial charge on any atom is 0.208 e. The number of nitrogens with zero attached hydrogens (tertiary/aromatic N) is 2. The van der Waals surface area contributed by atoms with E-state index in [9.17, 15) is 15.5 Å². The Kier molecular flexibility index (Phi) is 4.17. The van der Waals surface area contributed by atoms with Crippen molar-refractivity contribution in [1.29, 1.82) is 5.26 Å². The molecular formula is C20H17N2O2+. The minimum absolute atomic E-state index is 0.152. The Balaban J connectivity index is 1.86. The van der Waals surface area contributed by atoms with Crippen LogP contribution in [0.2, 0.25) is 0 Å². The number of rotatable bonds is 3. The van der Waals surface area contributed by atoms with E-state index in [1.807, 2.05) is 29.8 Å². The Bertz CT molecular complexity index is 931. The van der Waals surface area contributed by atoms with Gasteiger partial charge in [-0.25, -0.2) is 0 Å². The molecule has 0 spiro atoms. The lowest BCUT2D eigenvalue weighted by molar-refractivity contribution is -0.401. The fraction of sp³-hybridized carbons (Fsp3) is 0.100. The van der Waals surface area contributed by atoms with E-state index < -0.39 is 0 Å². The zero-order chi connectivity index (χ0) is 17.1. The molecule has 0 aromatic heterocycles. The molecule has 0 atom stereocenters. The third-order valence-corrected chi connectivity index (χ3v) is 4.10. The summed E-state index contributed by atoms with van der Waals surface area (Å²) in [6, 6.07) is 15.0. The number of para-hydroxylation sites is 1. The zero-order valence-electron chi connectivity index (χ0n) is 13.3. The van der Waals surface area contributed by atoms with Crippen molar-refractivity contribution in [3.63, 3.8) is 0 Å². The minimum atomic E-state index is -0.165. The molecule has 2 aromatic carbocycles. The first kappa shape index (κ1) is 15.6. The Morgan fingerprint density at radius 1 is 1.17 bits per heavy atom. The largest absolute Gasteiger partial charge is 0.504 e. The Morgan fingerprint density at radius 3 is 2.67 bits per heavy atom. The van der Waals surface area contributed by atoms with Gasteiger partial charge in [-0.15, -0.1) is 0 Å². The van der Waals surface area contributed by atoms with Crippen molar-refractivity contribution in [2.45, 2.75) is 6.42 Å². The predicted octanol–water partition coefficient (Wildman–Crippen LogP) is 3.53. The monoisotopic (exact) mass is 317 g/mol. The molecule has 0 aliphatic carbocycles. The van der Waals surface area contributed by atoms with Gasteiger partial charge in [-0.3, -0.25) is 0 Å². The summed E-state index contributed by atoms with van der Waals surface area (Å²) < 4.78 is 2.05. The highest BCUT2D eigenvalue weighted by Gasteiger charge is 2.28. The van der Waals surface area contributed by atoms with E-state index in [1.54, 1.807) is 24.3 Å². The summed E-state index contributed by atoms with van der Waals surface area (Å²) in [5.41, 5.74) is 4.65. The SMILES string of the molecule is C[N+]1=C(/C(C#N)=C/C=C/c2ccc(O)c(O)c2)Cc2ccccc21. The Morgan fingerprint density at radius 2 is 1.96 bits per heavy atom. The second-order valence-corrected chi connectivity index (χ2v) is 5.61. The van der Waals surface area contributed by atoms with Gasteiger partial charge in [0.15, 0.2) is 11.5 Å². The summed E-state index contributed by atoms with van der Waals surface area (Å²) >= 11 is 0. The molecule has 0 amide bonds. The van der Waals surface area contributed by atoms with Crippen LogP contribution in [0, 0.1) is 11.3 Å². The van der Waals surface area contributed by atoms with Crippen LogP contribution < -0.4 is 0 Å². The smallest absolute Gasteiger partial charge is 0.208 e. The first-order chi connectivity index (χ1) is 11.6. The summed E-state index contributed by atoms with van der Waals surface area (Å²) in [6.45, 7) is 0. The van der Waals surface area contributed by atoms with Crippen LogP contribution >= 0.6 is 0 Å². The molecule has 24 heavy (non-hydrogen) atoms. The van der Waals surface area contributed by atoms with E-state index in [2.05, 4.69) is 12.1 Å². The summed E-state index contributed by atoms with van der Waals surface area (Å²) in [5.74, 6) is -0.316. The first-order valence-corrected chi connectivity index (χ1v) is 7.58. The average molecular weight is 317 g/mol. The molecular weight excluding hydrogens is 300 g/mol. The maximum atomic E-state index is 9.50. The van der Waals surface area contributed by atoms with E-state index in [0.29, 0.717) is 5.57 Å². The van der Waals surface area contributed by atoms with Gasteiger partial charge in [0, 0.05) is 11.6 Å². The van der Waals surface area contributed by atoms with Crippen LogP contribution in [0.25, 0.3) is 6.08 Å². The number of phenols is 2. The molecule has 2 aromatic rings. The lowest BCUT2D eigenvalue weighted by atomic mass is 10.0. The molecule has 0 saturated carbocycles. The Hall–Kier alpha value is -3.32. The first-order valence-electron chi connectivity index (χ1n) is 7.58. The van der Waals surface area contributed by atoms with Gasteiger partial charge in [0.05, 0.1) is 6.42 Å². The predicted molar refractivity (Wildman–Crippen MR) is 93.5 cm³/mol. The lowest BCUT2D eigenvalue weighted by Gasteiger charge is -1.98. The van der Waals surface area contributed by atoms with Gasteiger partial charge < -0.3 is 10.2 Å². The number of hydrogen-bond acceptors (Lipinski definition) is 3. The standard InChI is InChI=1S/C20H16N2O2/c1-22-17-8-3-2-6-15(17)12-18(22)16(13-21)7-4-5-14-9-10-19(23)20(24)11-14/h2-11,24H,12H2,1H3/p+1. The van der Waals surface area contributed by atoms with Crippen molar-refractivity contribution in [3.8, 4) is 17.6 Å². The molecule has 0 unspecified atom stereocenters. The Labute approximate surface area is 140 Å². The molecule has 3 rings (SSSR count). The quantitative estimate of drug-likeness (QED) is 0.394. The molecule has 2 N–H and O–H groups in total. The van der Waals surface area contributed by atoms with Crippen LogP contribution in [0.1, 0.15) is 11.1 Å². The summed E-state index contributed by atoms with van der Waals surface area (Å²) in [6.07, 6.45) is 6.05. The van der Waals surface area contributed by atoms with E-state index in [0.717, 1.165) is 23.4 Å². The molecule has 1 heterocycles. The summed E-state index contributed by atoms with van der Waals surface area (Å²) in [5, 5.41) is 28.3. The van der Waals surface area contributed by atoms with Gasteiger partial charge in [0.2, 0.25) is 11.4 Å². The van der Waals surface area contributed by atoms with Crippen molar-refractivity contribution >= 4 is 17.5 Å². The number of phenolic OH excluding ortho intramolecular Hbond substituents is 2.